The van der Waals surface area contributed by atoms with Crippen molar-refractivity contribution >= 4 is 0 Å². The van der Waals surface area contributed by atoms with Crippen LogP contribution < -0.4 is 4.74 Å². The Balaban J connectivity index is 1.49. The Kier molecular flexibility index (Phi) is 5.44. The lowest BCUT2D eigenvalue weighted by atomic mass is 9.89. The summed E-state index contributed by atoms with van der Waals surface area (Å²) in [6, 6.07) is 9.13. The van der Waals surface area contributed by atoms with Gasteiger partial charge >= 0.3 is 0 Å². The second-order valence-electron chi connectivity index (χ2n) is 6.19. The molecule has 0 N–H and O–H groups in total. The van der Waals surface area contributed by atoms with Gasteiger partial charge in [-0.1, -0.05) is 31.9 Å². The molecule has 2 aromatic rings. The maximum atomic E-state index is 9.03. The summed E-state index contributed by atoms with van der Waals surface area (Å²) < 4.78 is 17.0. The van der Waals surface area contributed by atoms with Gasteiger partial charge in [0.1, 0.15) is 18.4 Å². The van der Waals surface area contributed by atoms with E-state index in [-0.39, 0.29) is 12.7 Å². The number of aromatic nitrogens is 2. The lowest BCUT2D eigenvalue weighted by Crippen LogP contribution is -2.21. The summed E-state index contributed by atoms with van der Waals surface area (Å²) in [6.45, 7) is 2.72. The van der Waals surface area contributed by atoms with Crippen molar-refractivity contribution in [3.8, 4) is 11.8 Å². The van der Waals surface area contributed by atoms with Crippen LogP contribution in [0.3, 0.4) is 0 Å². The van der Waals surface area contributed by atoms with Gasteiger partial charge in [-0.2, -0.15) is 5.26 Å². The summed E-state index contributed by atoms with van der Waals surface area (Å²) in [5.74, 6) is 2.06. The normalized spacial score (nSPS) is 20.5. The van der Waals surface area contributed by atoms with Crippen LogP contribution in [0.15, 0.2) is 28.7 Å². The Morgan fingerprint density at radius 2 is 2.00 bits per heavy atom. The molecule has 1 aromatic heterocycles. The van der Waals surface area contributed by atoms with E-state index in [0.29, 0.717) is 29.7 Å². The van der Waals surface area contributed by atoms with E-state index in [1.54, 1.807) is 18.2 Å². The number of ether oxygens (including phenoxy) is 2. The molecule has 1 aliphatic rings. The Labute approximate surface area is 141 Å². The topological polar surface area (TPSA) is 81.2 Å². The predicted molar refractivity (Wildman–Crippen MR) is 86.0 cm³/mol. The average molecular weight is 327 g/mol. The molecule has 0 amide bonds. The number of hydrogen-bond donors (Lipinski definition) is 0. The smallest absolute Gasteiger partial charge is 0.253 e. The molecule has 0 radical (unpaired) electrons. The van der Waals surface area contributed by atoms with Gasteiger partial charge in [0.25, 0.3) is 5.89 Å². The number of rotatable bonds is 6. The fourth-order valence-electron chi connectivity index (χ4n) is 2.95. The van der Waals surface area contributed by atoms with Crippen LogP contribution in [0.5, 0.6) is 5.75 Å². The molecule has 0 bridgehead atoms. The third-order valence-electron chi connectivity index (χ3n) is 4.20. The molecule has 24 heavy (non-hydrogen) atoms. The van der Waals surface area contributed by atoms with E-state index < -0.39 is 0 Å². The average Bonchev–Trinajstić information content (AvgIpc) is 3.06. The van der Waals surface area contributed by atoms with Gasteiger partial charge in [0.05, 0.1) is 11.7 Å². The van der Waals surface area contributed by atoms with Gasteiger partial charge in [0, 0.05) is 0 Å². The maximum Gasteiger partial charge on any atom is 0.253 e. The minimum atomic E-state index is 0.131. The second kappa shape index (κ2) is 7.93. The van der Waals surface area contributed by atoms with Gasteiger partial charge in [0.2, 0.25) is 5.89 Å². The third-order valence-corrected chi connectivity index (χ3v) is 4.20. The van der Waals surface area contributed by atoms with Crippen LogP contribution in [0.1, 0.15) is 50.0 Å². The number of benzene rings is 1. The van der Waals surface area contributed by atoms with E-state index in [1.165, 1.54) is 12.8 Å². The van der Waals surface area contributed by atoms with Crippen LogP contribution in [-0.2, 0) is 18.0 Å². The summed E-state index contributed by atoms with van der Waals surface area (Å²) in [6.07, 6.45) is 4.97. The summed E-state index contributed by atoms with van der Waals surface area (Å²) >= 11 is 0. The van der Waals surface area contributed by atoms with Gasteiger partial charge in [-0.25, -0.2) is 0 Å². The molecule has 0 spiro atoms. The highest BCUT2D eigenvalue weighted by Crippen LogP contribution is 2.26. The highest BCUT2D eigenvalue weighted by Gasteiger charge is 2.20. The quantitative estimate of drug-likeness (QED) is 0.806. The van der Waals surface area contributed by atoms with Gasteiger partial charge in [-0.3, -0.25) is 0 Å². The highest BCUT2D eigenvalue weighted by molar-refractivity contribution is 5.42. The molecular weight excluding hydrogens is 306 g/mol. The van der Waals surface area contributed by atoms with Gasteiger partial charge in [-0.05, 0) is 30.9 Å². The van der Waals surface area contributed by atoms with E-state index in [2.05, 4.69) is 23.2 Å². The molecule has 6 heteroatoms. The molecule has 0 aliphatic heterocycles. The molecule has 0 saturated heterocycles. The molecule has 2 atom stereocenters. The SMILES string of the molecule is CC1CCCC(OCc2nnc(COc3ccccc3C#N)o2)C1. The van der Waals surface area contributed by atoms with E-state index in [1.807, 2.05) is 6.07 Å². The molecular formula is C18H21N3O3. The molecule has 1 aliphatic carbocycles. The van der Waals surface area contributed by atoms with Crippen molar-refractivity contribution in [3.63, 3.8) is 0 Å². The lowest BCUT2D eigenvalue weighted by molar-refractivity contribution is -0.00519. The first-order valence-electron chi connectivity index (χ1n) is 8.29. The summed E-state index contributed by atoms with van der Waals surface area (Å²) in [7, 11) is 0. The molecule has 126 valence electrons. The first-order chi connectivity index (χ1) is 11.7. The number of hydrogen-bond acceptors (Lipinski definition) is 6. The Bertz CT molecular complexity index is 708. The number of nitrogens with zero attached hydrogens (tertiary/aromatic N) is 3. The minimum Gasteiger partial charge on any atom is -0.482 e. The number of nitriles is 1. The molecule has 6 nitrogen and oxygen atoms in total. The van der Waals surface area contributed by atoms with E-state index >= 15 is 0 Å². The third kappa shape index (κ3) is 4.33. The zero-order chi connectivity index (χ0) is 16.8. The van der Waals surface area contributed by atoms with E-state index in [4.69, 9.17) is 19.2 Å². The van der Waals surface area contributed by atoms with Crippen LogP contribution >= 0.6 is 0 Å². The van der Waals surface area contributed by atoms with Crippen molar-refractivity contribution in [2.45, 2.75) is 51.9 Å². The van der Waals surface area contributed by atoms with Crippen LogP contribution in [0, 0.1) is 17.2 Å². The van der Waals surface area contributed by atoms with Crippen molar-refractivity contribution < 1.29 is 13.9 Å². The summed E-state index contributed by atoms with van der Waals surface area (Å²) in [5, 5.41) is 17.0. The molecule has 1 aromatic carbocycles. The number of para-hydroxylation sites is 1. The van der Waals surface area contributed by atoms with Gasteiger partial charge < -0.3 is 13.9 Å². The summed E-state index contributed by atoms with van der Waals surface area (Å²) in [4.78, 5) is 0. The lowest BCUT2D eigenvalue weighted by Gasteiger charge is -2.26. The fraction of sp³-hybridized carbons (Fsp3) is 0.500. The maximum absolute atomic E-state index is 9.03. The van der Waals surface area contributed by atoms with Crippen LogP contribution in [0.4, 0.5) is 0 Å². The van der Waals surface area contributed by atoms with Crippen molar-refractivity contribution in [1.29, 1.82) is 5.26 Å². The molecule has 1 fully saturated rings. The Morgan fingerprint density at radius 1 is 1.21 bits per heavy atom. The van der Waals surface area contributed by atoms with Gasteiger partial charge in [-0.15, -0.1) is 10.2 Å². The van der Waals surface area contributed by atoms with E-state index in [9.17, 15) is 0 Å². The van der Waals surface area contributed by atoms with Crippen LogP contribution in [0.2, 0.25) is 0 Å². The Hall–Kier alpha value is -2.39. The highest BCUT2D eigenvalue weighted by atomic mass is 16.5. The second-order valence-corrected chi connectivity index (χ2v) is 6.19. The predicted octanol–water partition coefficient (Wildman–Crippen LogP) is 3.62. The molecule has 2 unspecified atom stereocenters. The standard InChI is InChI=1S/C18H21N3O3/c1-13-5-4-7-15(9-13)22-11-17-20-21-18(24-17)12-23-16-8-3-2-6-14(16)10-19/h2-3,6,8,13,15H,4-5,7,9,11-12H2,1H3. The molecule has 1 heterocycles. The largest absolute Gasteiger partial charge is 0.482 e. The molecule has 3 rings (SSSR count). The monoisotopic (exact) mass is 327 g/mol. The van der Waals surface area contributed by atoms with Crippen molar-refractivity contribution in [2.75, 3.05) is 0 Å². The zero-order valence-corrected chi connectivity index (χ0v) is 13.8. The molecule has 1 saturated carbocycles. The van der Waals surface area contributed by atoms with Crippen LogP contribution in [-0.4, -0.2) is 16.3 Å². The van der Waals surface area contributed by atoms with Crippen molar-refractivity contribution in [3.05, 3.63) is 41.6 Å². The minimum absolute atomic E-state index is 0.131. The summed E-state index contributed by atoms with van der Waals surface area (Å²) in [5.41, 5.74) is 0.479. The van der Waals surface area contributed by atoms with Crippen LogP contribution in [0.25, 0.3) is 0 Å². The fourth-order valence-corrected chi connectivity index (χ4v) is 2.95. The van der Waals surface area contributed by atoms with E-state index in [0.717, 1.165) is 18.8 Å². The van der Waals surface area contributed by atoms with Crippen molar-refractivity contribution in [1.82, 2.24) is 10.2 Å². The zero-order valence-electron chi connectivity index (χ0n) is 13.8. The Morgan fingerprint density at radius 3 is 2.79 bits per heavy atom. The first-order valence-corrected chi connectivity index (χ1v) is 8.29. The van der Waals surface area contributed by atoms with Crippen molar-refractivity contribution in [2.24, 2.45) is 5.92 Å². The first kappa shape index (κ1) is 16.5. The van der Waals surface area contributed by atoms with Gasteiger partial charge in [0.15, 0.2) is 6.61 Å².